The molecule has 0 radical (unpaired) electrons. The zero-order valence-electron chi connectivity index (χ0n) is 32.6. The number of thiophene rings is 1. The van der Waals surface area contributed by atoms with Gasteiger partial charge in [0, 0.05) is 34.5 Å². The SMILES string of the molecule is CCCCC\C(=C/C=C/C=C\CCCCCCC(=O)O)c1cccc(CCNC(=O)C(c2csc3ccccc23)N(C(=O)CCl)c2ccc(-c3cnco3)cc2)c1. The predicted octanol–water partition coefficient (Wildman–Crippen LogP) is 11.7. The normalized spacial score (nSPS) is 12.4. The van der Waals surface area contributed by atoms with Gasteiger partial charge in [-0.15, -0.1) is 22.9 Å². The Morgan fingerprint density at radius 2 is 1.74 bits per heavy atom. The number of carboxylic acid groups (broad SMARTS) is 1. The van der Waals surface area contributed by atoms with Gasteiger partial charge in [-0.3, -0.25) is 19.3 Å². The van der Waals surface area contributed by atoms with Gasteiger partial charge in [0.1, 0.15) is 11.9 Å². The number of halogens is 1. The molecule has 0 spiro atoms. The Kier molecular flexibility index (Phi) is 17.4. The molecule has 298 valence electrons. The molecule has 5 rings (SSSR count). The topological polar surface area (TPSA) is 113 Å². The van der Waals surface area contributed by atoms with E-state index in [2.05, 4.69) is 71.9 Å². The second kappa shape index (κ2) is 23.1. The molecular weight excluding hydrogens is 754 g/mol. The van der Waals surface area contributed by atoms with E-state index in [0.29, 0.717) is 24.4 Å². The number of carbonyl (C=O) groups is 3. The Balaban J connectivity index is 1.29. The first-order valence-corrected chi connectivity index (χ1v) is 21.2. The highest BCUT2D eigenvalue weighted by molar-refractivity contribution is 7.17. The molecule has 3 aromatic carbocycles. The van der Waals surface area contributed by atoms with Gasteiger partial charge in [0.05, 0.1) is 6.20 Å². The number of fused-ring (bicyclic) bond motifs is 1. The van der Waals surface area contributed by atoms with Gasteiger partial charge in [0.25, 0.3) is 0 Å². The lowest BCUT2D eigenvalue weighted by atomic mass is 9.96. The van der Waals surface area contributed by atoms with Gasteiger partial charge in [-0.05, 0) is 96.3 Å². The van der Waals surface area contributed by atoms with Crippen LogP contribution in [0, 0.1) is 0 Å². The molecule has 1 unspecified atom stereocenters. The highest BCUT2D eigenvalue weighted by atomic mass is 35.5. The number of carbonyl (C=O) groups excluding carboxylic acids is 2. The molecule has 0 aliphatic rings. The monoisotopic (exact) mass is 805 g/mol. The van der Waals surface area contributed by atoms with Crippen molar-refractivity contribution >= 4 is 62.1 Å². The van der Waals surface area contributed by atoms with Crippen LogP contribution >= 0.6 is 22.9 Å². The highest BCUT2D eigenvalue weighted by Gasteiger charge is 2.34. The third kappa shape index (κ3) is 12.9. The number of aliphatic carboxylic acids is 1. The van der Waals surface area contributed by atoms with Crippen LogP contribution in [-0.2, 0) is 20.8 Å². The number of oxazole rings is 1. The van der Waals surface area contributed by atoms with Gasteiger partial charge in [0.2, 0.25) is 11.8 Å². The van der Waals surface area contributed by atoms with Crippen molar-refractivity contribution in [3.8, 4) is 11.3 Å². The van der Waals surface area contributed by atoms with E-state index in [-0.39, 0.29) is 24.1 Å². The number of alkyl halides is 1. The van der Waals surface area contributed by atoms with Gasteiger partial charge in [-0.1, -0.05) is 105 Å². The van der Waals surface area contributed by atoms with Crippen LogP contribution in [0.15, 0.2) is 126 Å². The summed E-state index contributed by atoms with van der Waals surface area (Å²) >= 11 is 7.76. The van der Waals surface area contributed by atoms with Crippen molar-refractivity contribution in [3.05, 3.63) is 138 Å². The Hall–Kier alpha value is -5.25. The van der Waals surface area contributed by atoms with Crippen LogP contribution in [0.5, 0.6) is 0 Å². The quantitative estimate of drug-likeness (QED) is 0.0386. The van der Waals surface area contributed by atoms with E-state index in [1.807, 2.05) is 41.8 Å². The lowest BCUT2D eigenvalue weighted by Gasteiger charge is -2.31. The largest absolute Gasteiger partial charge is 0.481 e. The molecule has 0 fully saturated rings. The van der Waals surface area contributed by atoms with E-state index in [9.17, 15) is 14.4 Å². The molecule has 5 aromatic rings. The van der Waals surface area contributed by atoms with Gasteiger partial charge in [0.15, 0.2) is 12.2 Å². The van der Waals surface area contributed by atoms with Crippen molar-refractivity contribution in [3.63, 3.8) is 0 Å². The summed E-state index contributed by atoms with van der Waals surface area (Å²) < 4.78 is 6.48. The number of allylic oxidation sites excluding steroid dienone is 6. The van der Waals surface area contributed by atoms with Crippen LogP contribution in [0.25, 0.3) is 27.0 Å². The molecule has 8 nitrogen and oxygen atoms in total. The number of hydrogen-bond acceptors (Lipinski definition) is 6. The highest BCUT2D eigenvalue weighted by Crippen LogP contribution is 2.37. The summed E-state index contributed by atoms with van der Waals surface area (Å²) in [6, 6.07) is 22.7. The maximum Gasteiger partial charge on any atom is 0.303 e. The van der Waals surface area contributed by atoms with E-state index >= 15 is 0 Å². The minimum Gasteiger partial charge on any atom is -0.481 e. The first-order chi connectivity index (χ1) is 27.9. The fourth-order valence-electron chi connectivity index (χ4n) is 6.80. The average molecular weight is 806 g/mol. The number of anilines is 1. The van der Waals surface area contributed by atoms with E-state index in [0.717, 1.165) is 84.6 Å². The zero-order valence-corrected chi connectivity index (χ0v) is 34.2. The number of amides is 2. The van der Waals surface area contributed by atoms with Crippen LogP contribution in [0.2, 0.25) is 0 Å². The fourth-order valence-corrected chi connectivity index (χ4v) is 7.91. The van der Waals surface area contributed by atoms with Gasteiger partial charge >= 0.3 is 5.97 Å². The smallest absolute Gasteiger partial charge is 0.303 e. The van der Waals surface area contributed by atoms with Crippen molar-refractivity contribution < 1.29 is 23.9 Å². The number of benzene rings is 3. The molecule has 2 heterocycles. The van der Waals surface area contributed by atoms with Gasteiger partial charge in [-0.2, -0.15) is 0 Å². The minimum atomic E-state index is -0.951. The van der Waals surface area contributed by atoms with Crippen molar-refractivity contribution in [1.29, 1.82) is 0 Å². The second-order valence-corrected chi connectivity index (χ2v) is 15.1. The Morgan fingerprint density at radius 3 is 2.51 bits per heavy atom. The summed E-state index contributed by atoms with van der Waals surface area (Å²) in [6.07, 6.45) is 23.6. The third-order valence-electron chi connectivity index (χ3n) is 9.78. The van der Waals surface area contributed by atoms with Crippen LogP contribution in [-0.4, -0.2) is 40.3 Å². The summed E-state index contributed by atoms with van der Waals surface area (Å²) in [6.45, 7) is 2.59. The minimum absolute atomic E-state index is 0.250. The number of aromatic nitrogens is 1. The summed E-state index contributed by atoms with van der Waals surface area (Å²) in [5.74, 6) is -1.09. The summed E-state index contributed by atoms with van der Waals surface area (Å²) in [7, 11) is 0. The van der Waals surface area contributed by atoms with Crippen LogP contribution in [0.4, 0.5) is 5.69 Å². The fraction of sp³-hybridized carbons (Fsp3) is 0.319. The maximum atomic E-state index is 14.4. The molecular formula is C47H52ClN3O5S. The first kappa shape index (κ1) is 42.9. The van der Waals surface area contributed by atoms with Crippen molar-refractivity contribution in [2.45, 2.75) is 83.6 Å². The summed E-state index contributed by atoms with van der Waals surface area (Å²) in [5, 5.41) is 14.8. The number of hydrogen-bond donors (Lipinski definition) is 2. The maximum absolute atomic E-state index is 14.4. The number of unbranched alkanes of at least 4 members (excludes halogenated alkanes) is 6. The first-order valence-electron chi connectivity index (χ1n) is 19.8. The molecule has 2 aromatic heterocycles. The molecule has 0 aliphatic carbocycles. The molecule has 0 saturated carbocycles. The van der Waals surface area contributed by atoms with Gasteiger partial charge < -0.3 is 14.8 Å². The Morgan fingerprint density at radius 1 is 0.930 bits per heavy atom. The van der Waals surface area contributed by atoms with E-state index in [4.69, 9.17) is 21.1 Å². The second-order valence-electron chi connectivity index (χ2n) is 13.9. The van der Waals surface area contributed by atoms with E-state index < -0.39 is 12.0 Å². The molecule has 0 bridgehead atoms. The van der Waals surface area contributed by atoms with Gasteiger partial charge in [-0.25, -0.2) is 4.98 Å². The van der Waals surface area contributed by atoms with E-state index in [1.54, 1.807) is 18.3 Å². The number of nitrogens with zero attached hydrogens (tertiary/aromatic N) is 2. The average Bonchev–Trinajstić information content (AvgIpc) is 3.92. The van der Waals surface area contributed by atoms with Crippen molar-refractivity contribution in [2.75, 3.05) is 17.3 Å². The lowest BCUT2D eigenvalue weighted by molar-refractivity contribution is -0.137. The lowest BCUT2D eigenvalue weighted by Crippen LogP contribution is -2.45. The van der Waals surface area contributed by atoms with Crippen molar-refractivity contribution in [2.24, 2.45) is 0 Å². The van der Waals surface area contributed by atoms with Crippen molar-refractivity contribution in [1.82, 2.24) is 10.3 Å². The number of nitrogens with one attached hydrogen (secondary N) is 1. The molecule has 0 saturated heterocycles. The van der Waals surface area contributed by atoms with E-state index in [1.165, 1.54) is 33.8 Å². The Labute approximate surface area is 345 Å². The number of carboxylic acids is 1. The number of rotatable bonds is 23. The summed E-state index contributed by atoms with van der Waals surface area (Å²) in [5.41, 5.74) is 5.63. The molecule has 0 aliphatic heterocycles. The molecule has 10 heteroatoms. The third-order valence-corrected chi connectivity index (χ3v) is 11.0. The zero-order chi connectivity index (χ0) is 40.2. The van der Waals surface area contributed by atoms with Crippen LogP contribution in [0.3, 0.4) is 0 Å². The predicted molar refractivity (Wildman–Crippen MR) is 234 cm³/mol. The molecule has 2 amide bonds. The molecule has 57 heavy (non-hydrogen) atoms. The molecule has 2 N–H and O–H groups in total. The molecule has 1 atom stereocenters. The Bertz CT molecular complexity index is 2120. The van der Waals surface area contributed by atoms with Crippen LogP contribution in [0.1, 0.15) is 93.9 Å². The van der Waals surface area contributed by atoms with Crippen LogP contribution < -0.4 is 10.2 Å². The standard InChI is InChI=1S/C47H52ClN3O5S/c1-2-3-11-18-36(19-12-9-7-5-4-6-8-10-13-23-45(53)54)38-20-16-17-35(30-38)28-29-50-47(55)46(41-33-57-43-22-15-14-21-40(41)43)51(44(52)31-48)39-26-24-37(25-27-39)42-32-49-34-56-42/h5,7,9,12,14-17,19-22,24-27,30,32-34,46H,2-4,6,8,10-11,13,18,23,28-29,31H2,1H3,(H,50,55)(H,53,54)/b7-5-,12-9+,36-19+. The summed E-state index contributed by atoms with van der Waals surface area (Å²) in [4.78, 5) is 44.2.